The second kappa shape index (κ2) is 5.83. The molecule has 1 aromatic heterocycles. The van der Waals surface area contributed by atoms with E-state index < -0.39 is 5.54 Å². The van der Waals surface area contributed by atoms with Crippen LogP contribution in [0.25, 0.3) is 0 Å². The molecule has 2 amide bonds. The molecule has 0 bridgehead atoms. The van der Waals surface area contributed by atoms with Crippen molar-refractivity contribution in [3.63, 3.8) is 0 Å². The monoisotopic (exact) mass is 292 g/mol. The summed E-state index contributed by atoms with van der Waals surface area (Å²) in [7, 11) is 0. The van der Waals surface area contributed by atoms with E-state index in [1.165, 1.54) is 6.33 Å². The van der Waals surface area contributed by atoms with Gasteiger partial charge in [-0.3, -0.25) is 9.59 Å². The smallest absolute Gasteiger partial charge is 0.248 e. The average molecular weight is 292 g/mol. The lowest BCUT2D eigenvalue weighted by molar-refractivity contribution is -0.140. The number of amides is 2. The fourth-order valence-electron chi connectivity index (χ4n) is 3.27. The van der Waals surface area contributed by atoms with Gasteiger partial charge < -0.3 is 14.7 Å². The van der Waals surface area contributed by atoms with Gasteiger partial charge in [0.15, 0.2) is 6.33 Å². The van der Waals surface area contributed by atoms with E-state index in [0.29, 0.717) is 31.8 Å². The molecule has 1 spiro atoms. The molecule has 2 fully saturated rings. The molecule has 1 saturated carbocycles. The number of carbonyl (C=O) groups is 2. The first-order valence-electron chi connectivity index (χ1n) is 7.56. The highest BCUT2D eigenvalue weighted by molar-refractivity contribution is 5.93. The van der Waals surface area contributed by atoms with Gasteiger partial charge in [0.1, 0.15) is 5.54 Å². The Morgan fingerprint density at radius 1 is 1.29 bits per heavy atom. The van der Waals surface area contributed by atoms with Gasteiger partial charge in [-0.05, 0) is 12.8 Å². The lowest BCUT2D eigenvalue weighted by Gasteiger charge is -2.38. The van der Waals surface area contributed by atoms with E-state index in [0.717, 1.165) is 32.1 Å². The van der Waals surface area contributed by atoms with Crippen LogP contribution >= 0.6 is 0 Å². The van der Waals surface area contributed by atoms with Crippen LogP contribution in [0.2, 0.25) is 0 Å². The van der Waals surface area contributed by atoms with Crippen LogP contribution in [0.1, 0.15) is 44.4 Å². The Kier molecular flexibility index (Phi) is 3.90. The molecule has 0 unspecified atom stereocenters. The fraction of sp³-hybridized carbons (Fsp3) is 0.714. The van der Waals surface area contributed by atoms with Gasteiger partial charge in [-0.1, -0.05) is 24.4 Å². The lowest BCUT2D eigenvalue weighted by Crippen LogP contribution is -2.58. The number of rotatable bonds is 3. The van der Waals surface area contributed by atoms with Crippen molar-refractivity contribution in [2.24, 2.45) is 0 Å². The zero-order valence-electron chi connectivity index (χ0n) is 12.0. The zero-order chi connectivity index (χ0) is 14.7. The van der Waals surface area contributed by atoms with E-state index in [4.69, 9.17) is 4.52 Å². The van der Waals surface area contributed by atoms with Crippen LogP contribution in [0.15, 0.2) is 10.9 Å². The molecule has 1 saturated heterocycles. The summed E-state index contributed by atoms with van der Waals surface area (Å²) in [5, 5.41) is 6.55. The van der Waals surface area contributed by atoms with E-state index in [9.17, 15) is 9.59 Å². The number of nitrogens with zero attached hydrogens (tertiary/aromatic N) is 3. The summed E-state index contributed by atoms with van der Waals surface area (Å²) in [5.74, 6) is 0.544. The van der Waals surface area contributed by atoms with E-state index in [2.05, 4.69) is 15.5 Å². The number of nitrogens with one attached hydrogen (secondary N) is 1. The fourth-order valence-corrected chi connectivity index (χ4v) is 3.27. The molecule has 7 nitrogen and oxygen atoms in total. The number of hydrogen-bond donors (Lipinski definition) is 1. The quantitative estimate of drug-likeness (QED) is 0.884. The van der Waals surface area contributed by atoms with Gasteiger partial charge in [0.2, 0.25) is 17.7 Å². The van der Waals surface area contributed by atoms with Gasteiger partial charge in [-0.15, -0.1) is 0 Å². The van der Waals surface area contributed by atoms with Gasteiger partial charge in [0.25, 0.3) is 0 Å². The summed E-state index contributed by atoms with van der Waals surface area (Å²) in [6.45, 7) is 0.971. The predicted octanol–water partition coefficient (Wildman–Crippen LogP) is 0.663. The van der Waals surface area contributed by atoms with Crippen molar-refractivity contribution in [3.05, 3.63) is 12.2 Å². The van der Waals surface area contributed by atoms with Gasteiger partial charge in [-0.25, -0.2) is 0 Å². The Bertz CT molecular complexity index is 508. The maximum absolute atomic E-state index is 12.9. The van der Waals surface area contributed by atoms with Crippen LogP contribution in [0.5, 0.6) is 0 Å². The molecule has 21 heavy (non-hydrogen) atoms. The molecule has 7 heteroatoms. The number of aromatic nitrogens is 2. The van der Waals surface area contributed by atoms with Crippen molar-refractivity contribution in [1.29, 1.82) is 0 Å². The maximum Gasteiger partial charge on any atom is 0.248 e. The first-order valence-corrected chi connectivity index (χ1v) is 7.56. The Morgan fingerprint density at radius 2 is 2.10 bits per heavy atom. The van der Waals surface area contributed by atoms with Gasteiger partial charge in [-0.2, -0.15) is 4.98 Å². The molecule has 1 aromatic rings. The third kappa shape index (κ3) is 2.91. The Balaban J connectivity index is 1.73. The molecular formula is C14H20N4O3. The summed E-state index contributed by atoms with van der Waals surface area (Å²) in [5.41, 5.74) is -0.680. The van der Waals surface area contributed by atoms with Crippen molar-refractivity contribution in [2.75, 3.05) is 13.1 Å². The molecule has 1 N–H and O–H groups in total. The molecule has 1 aliphatic carbocycles. The lowest BCUT2D eigenvalue weighted by atomic mass is 9.80. The number of hydrogen-bond acceptors (Lipinski definition) is 5. The van der Waals surface area contributed by atoms with Crippen LogP contribution in [0.4, 0.5) is 0 Å². The largest absolute Gasteiger partial charge is 0.342 e. The topological polar surface area (TPSA) is 88.3 Å². The third-order valence-electron chi connectivity index (χ3n) is 4.39. The van der Waals surface area contributed by atoms with Crippen LogP contribution < -0.4 is 5.32 Å². The molecule has 3 rings (SSSR count). The summed E-state index contributed by atoms with van der Waals surface area (Å²) in [6, 6.07) is 0. The van der Waals surface area contributed by atoms with E-state index in [-0.39, 0.29) is 11.8 Å². The first kappa shape index (κ1) is 14.0. The van der Waals surface area contributed by atoms with E-state index in [1.807, 2.05) is 0 Å². The predicted molar refractivity (Wildman–Crippen MR) is 73.2 cm³/mol. The highest BCUT2D eigenvalue weighted by Crippen LogP contribution is 2.31. The molecule has 114 valence electrons. The molecule has 0 aromatic carbocycles. The summed E-state index contributed by atoms with van der Waals surface area (Å²) < 4.78 is 4.97. The molecule has 1 aliphatic heterocycles. The van der Waals surface area contributed by atoms with Crippen molar-refractivity contribution in [1.82, 2.24) is 20.4 Å². The second-order valence-corrected chi connectivity index (χ2v) is 5.82. The Hall–Kier alpha value is -1.92. The molecule has 0 atom stereocenters. The van der Waals surface area contributed by atoms with E-state index in [1.54, 1.807) is 4.90 Å². The average Bonchev–Trinajstić information content (AvgIpc) is 2.97. The minimum absolute atomic E-state index is 0.0226. The SMILES string of the molecule is O=C1CCN(CCc2ncno2)C(=O)C2(CCCCC2)N1. The molecular weight excluding hydrogens is 272 g/mol. The molecule has 2 aliphatic rings. The molecule has 2 heterocycles. The molecule has 0 radical (unpaired) electrons. The van der Waals surface area contributed by atoms with Gasteiger partial charge >= 0.3 is 0 Å². The standard InChI is InChI=1S/C14H20N4O3/c19-11-4-8-18(9-5-12-15-10-16-21-12)13(20)14(17-11)6-2-1-3-7-14/h10H,1-9H2,(H,17,19). The Morgan fingerprint density at radius 3 is 2.81 bits per heavy atom. The van der Waals surface area contributed by atoms with Gasteiger partial charge in [0.05, 0.1) is 0 Å². The summed E-state index contributed by atoms with van der Waals surface area (Å²) in [6.07, 6.45) is 6.84. The third-order valence-corrected chi connectivity index (χ3v) is 4.39. The van der Waals surface area contributed by atoms with Crippen molar-refractivity contribution in [2.45, 2.75) is 50.5 Å². The minimum Gasteiger partial charge on any atom is -0.342 e. The number of carbonyl (C=O) groups excluding carboxylic acids is 2. The van der Waals surface area contributed by atoms with E-state index >= 15 is 0 Å². The summed E-state index contributed by atoms with van der Waals surface area (Å²) >= 11 is 0. The van der Waals surface area contributed by atoms with Crippen molar-refractivity contribution in [3.8, 4) is 0 Å². The van der Waals surface area contributed by atoms with Crippen LogP contribution in [0, 0.1) is 0 Å². The van der Waals surface area contributed by atoms with Crippen LogP contribution in [-0.2, 0) is 16.0 Å². The van der Waals surface area contributed by atoms with Crippen LogP contribution in [-0.4, -0.2) is 45.5 Å². The highest BCUT2D eigenvalue weighted by atomic mass is 16.5. The van der Waals surface area contributed by atoms with Crippen LogP contribution in [0.3, 0.4) is 0 Å². The highest BCUT2D eigenvalue weighted by Gasteiger charge is 2.44. The second-order valence-electron chi connectivity index (χ2n) is 5.82. The summed E-state index contributed by atoms with van der Waals surface area (Å²) in [4.78, 5) is 30.6. The zero-order valence-corrected chi connectivity index (χ0v) is 12.0. The first-order chi connectivity index (χ1) is 10.2. The van der Waals surface area contributed by atoms with Gasteiger partial charge in [0, 0.05) is 25.9 Å². The van der Waals surface area contributed by atoms with Crippen molar-refractivity contribution < 1.29 is 14.1 Å². The maximum atomic E-state index is 12.9. The minimum atomic E-state index is -0.680. The Labute approximate surface area is 123 Å². The van der Waals surface area contributed by atoms with Crippen molar-refractivity contribution >= 4 is 11.8 Å². The normalized spacial score (nSPS) is 22.2.